The number of hydrogen-bond donors (Lipinski definition) is 2. The molecule has 19 heavy (non-hydrogen) atoms. The third-order valence-corrected chi connectivity index (χ3v) is 5.34. The van der Waals surface area contributed by atoms with E-state index in [1.807, 2.05) is 13.0 Å². The van der Waals surface area contributed by atoms with Crippen molar-refractivity contribution in [2.45, 2.75) is 11.8 Å². The largest absolute Gasteiger partial charge is 0.383 e. The molecule has 0 aliphatic rings. The number of halogens is 1. The molecule has 0 atom stereocenters. The molecule has 0 unspecified atom stereocenters. The van der Waals surface area contributed by atoms with Crippen molar-refractivity contribution < 1.29 is 13.2 Å². The van der Waals surface area contributed by atoms with Crippen LogP contribution < -0.4 is 10.0 Å². The average Bonchev–Trinajstić information content (AvgIpc) is 2.36. The Hall–Kier alpha value is -0.470. The summed E-state index contributed by atoms with van der Waals surface area (Å²) in [6.07, 6.45) is 0. The Balaban J connectivity index is 2.54. The van der Waals surface area contributed by atoms with Gasteiger partial charge in [0.1, 0.15) is 0 Å². The van der Waals surface area contributed by atoms with E-state index in [0.717, 1.165) is 5.56 Å². The van der Waals surface area contributed by atoms with Crippen LogP contribution in [0.5, 0.6) is 0 Å². The van der Waals surface area contributed by atoms with E-state index in [2.05, 4.69) is 26.0 Å². The predicted molar refractivity (Wildman–Crippen MR) is 78.8 cm³/mol. The van der Waals surface area contributed by atoms with Gasteiger partial charge in [0.05, 0.1) is 11.5 Å². The maximum absolute atomic E-state index is 12.1. The van der Waals surface area contributed by atoms with Gasteiger partial charge in [-0.3, -0.25) is 0 Å². The minimum absolute atomic E-state index is 0.268. The SMILES string of the molecule is COCCNCCNS(=O)(=O)c1cccc(C)c1Br. The van der Waals surface area contributed by atoms with E-state index < -0.39 is 10.0 Å². The molecule has 0 saturated heterocycles. The molecule has 5 nitrogen and oxygen atoms in total. The second kappa shape index (κ2) is 7.96. The number of rotatable bonds is 8. The van der Waals surface area contributed by atoms with E-state index in [4.69, 9.17) is 4.74 Å². The lowest BCUT2D eigenvalue weighted by molar-refractivity contribution is 0.199. The van der Waals surface area contributed by atoms with Gasteiger partial charge in [-0.1, -0.05) is 12.1 Å². The molecule has 1 aromatic carbocycles. The molecule has 0 aromatic heterocycles. The van der Waals surface area contributed by atoms with Crippen LogP contribution in [0.2, 0.25) is 0 Å². The summed E-state index contributed by atoms with van der Waals surface area (Å²) in [4.78, 5) is 0.268. The molecule has 7 heteroatoms. The van der Waals surface area contributed by atoms with Gasteiger partial charge < -0.3 is 10.1 Å². The van der Waals surface area contributed by atoms with Gasteiger partial charge in [0.15, 0.2) is 0 Å². The minimum Gasteiger partial charge on any atom is -0.383 e. The highest BCUT2D eigenvalue weighted by Gasteiger charge is 2.17. The van der Waals surface area contributed by atoms with Gasteiger partial charge in [-0.25, -0.2) is 13.1 Å². The number of ether oxygens (including phenoxy) is 1. The van der Waals surface area contributed by atoms with E-state index >= 15 is 0 Å². The summed E-state index contributed by atoms with van der Waals surface area (Å²) < 4.78 is 32.2. The molecule has 2 N–H and O–H groups in total. The van der Waals surface area contributed by atoms with Crippen LogP contribution in [0.1, 0.15) is 5.56 Å². The van der Waals surface area contributed by atoms with E-state index in [1.54, 1.807) is 19.2 Å². The van der Waals surface area contributed by atoms with Crippen LogP contribution in [-0.4, -0.2) is 41.8 Å². The van der Waals surface area contributed by atoms with Gasteiger partial charge >= 0.3 is 0 Å². The van der Waals surface area contributed by atoms with Gasteiger partial charge in [0, 0.05) is 31.2 Å². The summed E-state index contributed by atoms with van der Waals surface area (Å²) in [7, 11) is -1.85. The Morgan fingerprint density at radius 2 is 2.00 bits per heavy atom. The Morgan fingerprint density at radius 3 is 2.68 bits per heavy atom. The van der Waals surface area contributed by atoms with Crippen LogP contribution in [0.25, 0.3) is 0 Å². The molecule has 0 radical (unpaired) electrons. The summed E-state index contributed by atoms with van der Waals surface area (Å²) in [5.41, 5.74) is 0.890. The first-order valence-corrected chi connectivity index (χ1v) is 8.21. The summed E-state index contributed by atoms with van der Waals surface area (Å²) in [5.74, 6) is 0. The normalized spacial score (nSPS) is 11.7. The summed E-state index contributed by atoms with van der Waals surface area (Å²) in [6.45, 7) is 4.07. The molecule has 0 fully saturated rings. The molecule has 0 saturated carbocycles. The topological polar surface area (TPSA) is 67.4 Å². The number of benzene rings is 1. The van der Waals surface area contributed by atoms with Crippen LogP contribution >= 0.6 is 15.9 Å². The van der Waals surface area contributed by atoms with Crippen molar-refractivity contribution in [1.29, 1.82) is 0 Å². The van der Waals surface area contributed by atoms with Crippen LogP contribution in [0.4, 0.5) is 0 Å². The summed E-state index contributed by atoms with van der Waals surface area (Å²) >= 11 is 3.31. The van der Waals surface area contributed by atoms with E-state index in [-0.39, 0.29) is 4.90 Å². The fourth-order valence-electron chi connectivity index (χ4n) is 1.48. The summed E-state index contributed by atoms with van der Waals surface area (Å²) in [5, 5.41) is 3.07. The Bertz CT molecular complexity index is 506. The first-order chi connectivity index (χ1) is 8.99. The van der Waals surface area contributed by atoms with Gasteiger partial charge in [-0.2, -0.15) is 0 Å². The van der Waals surface area contributed by atoms with Crippen LogP contribution in [0.3, 0.4) is 0 Å². The zero-order valence-corrected chi connectivity index (χ0v) is 13.5. The maximum atomic E-state index is 12.1. The Morgan fingerprint density at radius 1 is 1.26 bits per heavy atom. The second-order valence-electron chi connectivity index (χ2n) is 4.03. The van der Waals surface area contributed by atoms with Crippen LogP contribution in [0.15, 0.2) is 27.6 Å². The van der Waals surface area contributed by atoms with Crippen molar-refractivity contribution in [2.75, 3.05) is 33.4 Å². The number of sulfonamides is 1. The fourth-order valence-corrected chi connectivity index (χ4v) is 3.56. The van der Waals surface area contributed by atoms with Gasteiger partial charge in [-0.15, -0.1) is 0 Å². The predicted octanol–water partition coefficient (Wildman–Crippen LogP) is 1.27. The lowest BCUT2D eigenvalue weighted by atomic mass is 10.2. The van der Waals surface area contributed by atoms with Crippen molar-refractivity contribution >= 4 is 26.0 Å². The Labute approximate surface area is 122 Å². The lowest BCUT2D eigenvalue weighted by Crippen LogP contribution is -2.33. The summed E-state index contributed by atoms with van der Waals surface area (Å²) in [6, 6.07) is 5.17. The molecular weight excluding hydrogens is 332 g/mol. The highest BCUT2D eigenvalue weighted by molar-refractivity contribution is 9.10. The first-order valence-electron chi connectivity index (χ1n) is 5.93. The molecule has 0 heterocycles. The van der Waals surface area contributed by atoms with Crippen molar-refractivity contribution in [3.63, 3.8) is 0 Å². The monoisotopic (exact) mass is 350 g/mol. The van der Waals surface area contributed by atoms with Gasteiger partial charge in [0.2, 0.25) is 10.0 Å². The highest BCUT2D eigenvalue weighted by atomic mass is 79.9. The molecule has 0 aliphatic heterocycles. The van der Waals surface area contributed by atoms with E-state index in [9.17, 15) is 8.42 Å². The van der Waals surface area contributed by atoms with Crippen LogP contribution in [-0.2, 0) is 14.8 Å². The lowest BCUT2D eigenvalue weighted by Gasteiger charge is -2.10. The van der Waals surface area contributed by atoms with Crippen molar-refractivity contribution in [2.24, 2.45) is 0 Å². The Kier molecular flexibility index (Phi) is 6.95. The fraction of sp³-hybridized carbons (Fsp3) is 0.500. The van der Waals surface area contributed by atoms with Crippen molar-refractivity contribution in [3.8, 4) is 0 Å². The zero-order chi connectivity index (χ0) is 14.3. The highest BCUT2D eigenvalue weighted by Crippen LogP contribution is 2.24. The van der Waals surface area contributed by atoms with Crippen molar-refractivity contribution in [3.05, 3.63) is 28.2 Å². The molecule has 0 spiro atoms. The standard InChI is InChI=1S/C12H19BrN2O3S/c1-10-4-3-5-11(12(10)13)19(16,17)15-7-6-14-8-9-18-2/h3-5,14-15H,6-9H2,1-2H3. The van der Waals surface area contributed by atoms with E-state index in [1.165, 1.54) is 0 Å². The number of aryl methyl sites for hydroxylation is 1. The molecule has 1 rings (SSSR count). The molecule has 0 bridgehead atoms. The van der Waals surface area contributed by atoms with Gasteiger partial charge in [-0.05, 0) is 34.5 Å². The molecule has 1 aromatic rings. The van der Waals surface area contributed by atoms with Gasteiger partial charge in [0.25, 0.3) is 0 Å². The second-order valence-corrected chi connectivity index (χ2v) is 6.56. The third kappa shape index (κ3) is 5.19. The molecule has 108 valence electrons. The van der Waals surface area contributed by atoms with Crippen molar-refractivity contribution in [1.82, 2.24) is 10.0 Å². The third-order valence-electron chi connectivity index (χ3n) is 2.52. The number of nitrogens with one attached hydrogen (secondary N) is 2. The zero-order valence-electron chi connectivity index (χ0n) is 11.1. The smallest absolute Gasteiger partial charge is 0.241 e. The molecular formula is C12H19BrN2O3S. The average molecular weight is 351 g/mol. The quantitative estimate of drug-likeness (QED) is 0.693. The molecule has 0 amide bonds. The number of hydrogen-bond acceptors (Lipinski definition) is 4. The number of methoxy groups -OCH3 is 1. The maximum Gasteiger partial charge on any atom is 0.241 e. The molecule has 0 aliphatic carbocycles. The first kappa shape index (κ1) is 16.6. The minimum atomic E-state index is -3.47. The van der Waals surface area contributed by atoms with Crippen LogP contribution in [0, 0.1) is 6.92 Å². The van der Waals surface area contributed by atoms with E-state index in [0.29, 0.717) is 30.7 Å².